The number of aryl methyl sites for hydroxylation is 1. The third-order valence-corrected chi connectivity index (χ3v) is 5.46. The molecular formula is C21H17N3O2S. The van der Waals surface area contributed by atoms with E-state index in [-0.39, 0.29) is 5.78 Å². The second-order valence-electron chi connectivity index (χ2n) is 6.14. The maximum Gasteiger partial charge on any atom is 0.205 e. The fourth-order valence-corrected chi connectivity index (χ4v) is 4.16. The Bertz CT molecular complexity index is 1140. The molecule has 0 aliphatic carbocycles. The van der Waals surface area contributed by atoms with Crippen molar-refractivity contribution in [1.82, 2.24) is 9.97 Å². The summed E-state index contributed by atoms with van der Waals surface area (Å²) >= 11 is 1.32. The minimum Gasteiger partial charge on any atom is -0.497 e. The monoisotopic (exact) mass is 375 g/mol. The zero-order valence-electron chi connectivity index (χ0n) is 14.9. The van der Waals surface area contributed by atoms with Crippen LogP contribution in [0.5, 0.6) is 5.75 Å². The van der Waals surface area contributed by atoms with Crippen molar-refractivity contribution in [3.63, 3.8) is 0 Å². The zero-order valence-corrected chi connectivity index (χ0v) is 15.7. The van der Waals surface area contributed by atoms with E-state index in [9.17, 15) is 4.79 Å². The summed E-state index contributed by atoms with van der Waals surface area (Å²) in [6.45, 7) is 1.93. The Labute approximate surface area is 160 Å². The number of ketones is 1. The van der Waals surface area contributed by atoms with Crippen molar-refractivity contribution in [2.45, 2.75) is 6.92 Å². The van der Waals surface area contributed by atoms with Crippen LogP contribution in [0, 0.1) is 6.92 Å². The number of fused-ring (bicyclic) bond motifs is 1. The number of thiophene rings is 1. The van der Waals surface area contributed by atoms with Gasteiger partial charge in [-0.15, -0.1) is 11.3 Å². The van der Waals surface area contributed by atoms with Crippen molar-refractivity contribution in [3.8, 4) is 16.9 Å². The fraction of sp³-hybridized carbons (Fsp3) is 0.0952. The van der Waals surface area contributed by atoms with Gasteiger partial charge in [-0.25, -0.2) is 4.98 Å². The van der Waals surface area contributed by atoms with Gasteiger partial charge in [-0.3, -0.25) is 9.78 Å². The van der Waals surface area contributed by atoms with E-state index in [1.54, 1.807) is 43.8 Å². The molecule has 0 bridgehead atoms. The molecule has 1 aromatic carbocycles. The van der Waals surface area contributed by atoms with Gasteiger partial charge >= 0.3 is 0 Å². The van der Waals surface area contributed by atoms with Crippen LogP contribution >= 0.6 is 11.3 Å². The lowest BCUT2D eigenvalue weighted by Crippen LogP contribution is -2.02. The molecule has 4 rings (SSSR count). The van der Waals surface area contributed by atoms with Crippen LogP contribution in [0.2, 0.25) is 0 Å². The van der Waals surface area contributed by atoms with Crippen LogP contribution < -0.4 is 10.5 Å². The number of nitrogens with two attached hydrogens (primary N) is 1. The number of hydrogen-bond acceptors (Lipinski definition) is 6. The molecular weight excluding hydrogens is 358 g/mol. The molecule has 0 unspecified atom stereocenters. The van der Waals surface area contributed by atoms with E-state index in [1.807, 2.05) is 25.1 Å². The second-order valence-corrected chi connectivity index (χ2v) is 7.13. The third-order valence-electron chi connectivity index (χ3n) is 4.36. The molecule has 27 heavy (non-hydrogen) atoms. The Balaban J connectivity index is 1.88. The Hall–Kier alpha value is -3.25. The van der Waals surface area contributed by atoms with E-state index in [2.05, 4.69) is 9.97 Å². The summed E-state index contributed by atoms with van der Waals surface area (Å²) in [6.07, 6.45) is 3.51. The number of methoxy groups -OCH3 is 1. The average Bonchev–Trinajstić information content (AvgIpc) is 3.03. The summed E-state index contributed by atoms with van der Waals surface area (Å²) in [4.78, 5) is 23.1. The Morgan fingerprint density at radius 3 is 2.63 bits per heavy atom. The van der Waals surface area contributed by atoms with Gasteiger partial charge in [0.2, 0.25) is 5.78 Å². The Morgan fingerprint density at radius 1 is 1.19 bits per heavy atom. The van der Waals surface area contributed by atoms with Gasteiger partial charge in [0.05, 0.1) is 12.8 Å². The van der Waals surface area contributed by atoms with Crippen LogP contribution in [-0.2, 0) is 0 Å². The molecule has 0 aliphatic rings. The number of nitrogen functional groups attached to an aromatic ring is 1. The molecule has 5 nitrogen and oxygen atoms in total. The summed E-state index contributed by atoms with van der Waals surface area (Å²) in [5.74, 6) is 0.583. The van der Waals surface area contributed by atoms with Gasteiger partial charge in [0.1, 0.15) is 15.5 Å². The first kappa shape index (κ1) is 17.2. The quantitative estimate of drug-likeness (QED) is 0.532. The van der Waals surface area contributed by atoms with Crippen molar-refractivity contribution in [1.29, 1.82) is 0 Å². The molecule has 3 aromatic heterocycles. The number of pyridine rings is 2. The summed E-state index contributed by atoms with van der Waals surface area (Å²) in [5.41, 5.74) is 10.2. The van der Waals surface area contributed by atoms with E-state index in [0.717, 1.165) is 27.0 Å². The van der Waals surface area contributed by atoms with E-state index in [4.69, 9.17) is 10.5 Å². The number of hydrogen-bond donors (Lipinski definition) is 1. The molecule has 0 fully saturated rings. The molecule has 0 spiro atoms. The van der Waals surface area contributed by atoms with Gasteiger partial charge in [-0.2, -0.15) is 0 Å². The van der Waals surface area contributed by atoms with E-state index >= 15 is 0 Å². The lowest BCUT2D eigenvalue weighted by molar-refractivity contribution is 0.104. The number of benzene rings is 1. The summed E-state index contributed by atoms with van der Waals surface area (Å²) in [7, 11) is 1.59. The normalized spacial score (nSPS) is 10.9. The molecule has 6 heteroatoms. The van der Waals surface area contributed by atoms with Crippen LogP contribution in [-0.4, -0.2) is 22.9 Å². The lowest BCUT2D eigenvalue weighted by Gasteiger charge is -2.06. The average molecular weight is 375 g/mol. The smallest absolute Gasteiger partial charge is 0.205 e. The van der Waals surface area contributed by atoms with Crippen LogP contribution in [0.3, 0.4) is 0 Å². The largest absolute Gasteiger partial charge is 0.497 e. The molecule has 2 N–H and O–H groups in total. The molecule has 0 saturated carbocycles. The van der Waals surface area contributed by atoms with Gasteiger partial charge in [0.25, 0.3) is 0 Å². The third kappa shape index (κ3) is 3.04. The van der Waals surface area contributed by atoms with Gasteiger partial charge in [0.15, 0.2) is 0 Å². The maximum absolute atomic E-state index is 13.0. The molecule has 0 amide bonds. The summed E-state index contributed by atoms with van der Waals surface area (Å²) < 4.78 is 5.15. The lowest BCUT2D eigenvalue weighted by atomic mass is 10.0. The second kappa shape index (κ2) is 6.81. The topological polar surface area (TPSA) is 78.1 Å². The van der Waals surface area contributed by atoms with Crippen LogP contribution in [0.1, 0.15) is 20.9 Å². The zero-order chi connectivity index (χ0) is 19.0. The van der Waals surface area contributed by atoms with Gasteiger partial charge in [0, 0.05) is 34.6 Å². The van der Waals surface area contributed by atoms with Crippen molar-refractivity contribution < 1.29 is 9.53 Å². The van der Waals surface area contributed by atoms with Gasteiger partial charge in [-0.1, -0.05) is 6.07 Å². The predicted molar refractivity (Wildman–Crippen MR) is 108 cm³/mol. The van der Waals surface area contributed by atoms with Gasteiger partial charge < -0.3 is 10.5 Å². The van der Waals surface area contributed by atoms with Crippen LogP contribution in [0.25, 0.3) is 21.3 Å². The molecule has 0 aliphatic heterocycles. The van der Waals surface area contributed by atoms with E-state index in [1.165, 1.54) is 11.3 Å². The van der Waals surface area contributed by atoms with Crippen molar-refractivity contribution >= 4 is 33.0 Å². The number of carbonyl (C=O) groups excluding carboxylic acids is 1. The van der Waals surface area contributed by atoms with Crippen molar-refractivity contribution in [2.75, 3.05) is 12.8 Å². The number of nitrogens with zero attached hydrogens (tertiary/aromatic N) is 2. The maximum atomic E-state index is 13.0. The standard InChI is InChI=1S/C21H17N3O2S/c1-12-10-16(14-4-3-9-23-11-14)17-18(22)20(27-21(17)24-12)19(25)13-5-7-15(26-2)8-6-13/h3-11H,22H2,1-2H3. The van der Waals surface area contributed by atoms with Crippen molar-refractivity contribution in [2.24, 2.45) is 0 Å². The molecule has 3 heterocycles. The summed E-state index contributed by atoms with van der Waals surface area (Å²) in [6, 6.07) is 12.8. The molecule has 0 saturated heterocycles. The number of ether oxygens (including phenoxy) is 1. The minimum atomic E-state index is -0.118. The predicted octanol–water partition coefficient (Wildman–Crippen LogP) is 4.49. The van der Waals surface area contributed by atoms with E-state index < -0.39 is 0 Å². The highest BCUT2D eigenvalue weighted by Crippen LogP contribution is 2.40. The highest BCUT2D eigenvalue weighted by Gasteiger charge is 2.21. The Kier molecular flexibility index (Phi) is 4.33. The number of aromatic nitrogens is 2. The first-order chi connectivity index (χ1) is 13.1. The number of rotatable bonds is 4. The molecule has 4 aromatic rings. The molecule has 134 valence electrons. The van der Waals surface area contributed by atoms with Gasteiger partial charge in [-0.05, 0) is 48.9 Å². The number of carbonyl (C=O) groups is 1. The van der Waals surface area contributed by atoms with E-state index in [0.29, 0.717) is 21.9 Å². The van der Waals surface area contributed by atoms with Crippen LogP contribution in [0.4, 0.5) is 5.69 Å². The highest BCUT2D eigenvalue weighted by molar-refractivity contribution is 7.21. The SMILES string of the molecule is COc1ccc(C(=O)c2sc3nc(C)cc(-c4cccnc4)c3c2N)cc1. The van der Waals surface area contributed by atoms with Crippen molar-refractivity contribution in [3.05, 3.63) is 71.0 Å². The summed E-state index contributed by atoms with van der Waals surface area (Å²) in [5, 5.41) is 0.801. The molecule has 0 radical (unpaired) electrons. The highest BCUT2D eigenvalue weighted by atomic mass is 32.1. The number of anilines is 1. The fourth-order valence-electron chi connectivity index (χ4n) is 3.04. The minimum absolute atomic E-state index is 0.118. The molecule has 0 atom stereocenters. The first-order valence-corrected chi connectivity index (χ1v) is 9.19. The van der Waals surface area contributed by atoms with Crippen LogP contribution in [0.15, 0.2) is 54.9 Å². The Morgan fingerprint density at radius 2 is 1.96 bits per heavy atom. The first-order valence-electron chi connectivity index (χ1n) is 8.37.